The molecular weight excluding hydrogens is 590 g/mol. The Labute approximate surface area is 257 Å². The summed E-state index contributed by atoms with van der Waals surface area (Å²) in [6, 6.07) is 12.1. The second-order valence-electron chi connectivity index (χ2n) is 12.1. The van der Waals surface area contributed by atoms with Crippen LogP contribution in [-0.2, 0) is 19.6 Å². The van der Waals surface area contributed by atoms with Crippen LogP contribution in [0.15, 0.2) is 47.4 Å². The summed E-state index contributed by atoms with van der Waals surface area (Å²) in [7, 11) is -4.06. The first-order valence-corrected chi connectivity index (χ1v) is 16.6. The monoisotopic (exact) mass is 631 g/mol. The molecule has 1 aliphatic rings. The summed E-state index contributed by atoms with van der Waals surface area (Å²) in [5.41, 5.74) is 0.822. The Morgan fingerprint density at radius 1 is 1.07 bits per heavy atom. The maximum atomic E-state index is 13.0. The Balaban J connectivity index is 1.32. The lowest BCUT2D eigenvalue weighted by molar-refractivity contribution is -0.124. The predicted octanol–water partition coefficient (Wildman–Crippen LogP) is 5.40. The lowest BCUT2D eigenvalue weighted by Crippen LogP contribution is -2.55. The summed E-state index contributed by atoms with van der Waals surface area (Å²) in [5.74, 6) is -0.460. The first-order valence-electron chi connectivity index (χ1n) is 14.3. The van der Waals surface area contributed by atoms with E-state index in [1.807, 2.05) is 0 Å². The minimum Gasteiger partial charge on any atom is -0.444 e. The zero-order chi connectivity index (χ0) is 31.5. The van der Waals surface area contributed by atoms with Crippen LogP contribution in [0, 0.1) is 5.92 Å². The normalized spacial score (nSPS) is 14.3. The van der Waals surface area contributed by atoms with Crippen LogP contribution < -0.4 is 14.8 Å². The van der Waals surface area contributed by atoms with Gasteiger partial charge in [0.2, 0.25) is 5.91 Å². The molecule has 0 bridgehead atoms. The largest absolute Gasteiger partial charge is 0.444 e. The number of thiazole rings is 1. The van der Waals surface area contributed by atoms with Crippen LogP contribution in [0.4, 0.5) is 15.6 Å². The number of nitrogens with one attached hydrogen (secondary N) is 2. The molecule has 0 saturated carbocycles. The minimum atomic E-state index is -4.06. The van der Waals surface area contributed by atoms with Crippen LogP contribution in [0.3, 0.4) is 0 Å². The van der Waals surface area contributed by atoms with Gasteiger partial charge < -0.3 is 24.5 Å². The van der Waals surface area contributed by atoms with Gasteiger partial charge in [-0.1, -0.05) is 11.3 Å². The molecule has 1 aromatic heterocycles. The lowest BCUT2D eigenvalue weighted by atomic mass is 10.0. The van der Waals surface area contributed by atoms with Crippen molar-refractivity contribution >= 4 is 54.5 Å². The second-order valence-corrected chi connectivity index (χ2v) is 14.7. The summed E-state index contributed by atoms with van der Waals surface area (Å²) in [6.45, 7) is 16.2. The van der Waals surface area contributed by atoms with E-state index in [0.29, 0.717) is 27.4 Å². The first-order chi connectivity index (χ1) is 20.1. The number of hydrogen-bond donors (Lipinski definition) is 2. The van der Waals surface area contributed by atoms with Crippen LogP contribution >= 0.6 is 11.3 Å². The topological polar surface area (TPSA) is 130 Å². The number of carbonyl (C=O) groups excluding carboxylic acids is 2. The van der Waals surface area contributed by atoms with Crippen molar-refractivity contribution in [3.8, 4) is 5.75 Å². The van der Waals surface area contributed by atoms with Gasteiger partial charge >= 0.3 is 16.2 Å². The summed E-state index contributed by atoms with van der Waals surface area (Å²) in [4.78, 5) is 33.1. The van der Waals surface area contributed by atoms with Crippen molar-refractivity contribution in [1.29, 1.82) is 0 Å². The van der Waals surface area contributed by atoms with E-state index in [-0.39, 0.29) is 35.6 Å². The van der Waals surface area contributed by atoms with Gasteiger partial charge in [-0.2, -0.15) is 8.42 Å². The van der Waals surface area contributed by atoms with E-state index in [9.17, 15) is 18.0 Å². The fourth-order valence-corrected chi connectivity index (χ4v) is 6.51. The SMILES string of the molecule is CC(C)N(CCNc1ccc(S(=O)(=O)Oc2ccc3nc(NC(=O)C4CN(C(=O)OC(C)(C)C)C4)sc3c2)cc1)C(C)C. The van der Waals surface area contributed by atoms with E-state index in [2.05, 4.69) is 48.2 Å². The van der Waals surface area contributed by atoms with Gasteiger partial charge in [-0.05, 0) is 84.9 Å². The zero-order valence-electron chi connectivity index (χ0n) is 25.7. The van der Waals surface area contributed by atoms with Crippen molar-refractivity contribution < 1.29 is 26.9 Å². The van der Waals surface area contributed by atoms with E-state index in [0.717, 1.165) is 18.8 Å². The predicted molar refractivity (Wildman–Crippen MR) is 169 cm³/mol. The highest BCUT2D eigenvalue weighted by Gasteiger charge is 2.38. The van der Waals surface area contributed by atoms with E-state index < -0.39 is 21.8 Å². The van der Waals surface area contributed by atoms with Crippen molar-refractivity contribution in [3.63, 3.8) is 0 Å². The van der Waals surface area contributed by atoms with Gasteiger partial charge in [0.1, 0.15) is 16.2 Å². The number of anilines is 2. The molecule has 0 unspecified atom stereocenters. The average molecular weight is 632 g/mol. The zero-order valence-corrected chi connectivity index (χ0v) is 27.3. The van der Waals surface area contributed by atoms with Crippen LogP contribution in [0.5, 0.6) is 5.75 Å². The Kier molecular flexibility index (Phi) is 9.87. The molecule has 1 saturated heterocycles. The van der Waals surface area contributed by atoms with Gasteiger partial charge in [0.05, 0.1) is 16.1 Å². The maximum absolute atomic E-state index is 13.0. The molecule has 0 aliphatic carbocycles. The summed E-state index contributed by atoms with van der Waals surface area (Å²) >= 11 is 1.21. The van der Waals surface area contributed by atoms with Gasteiger partial charge in [0, 0.05) is 50.0 Å². The molecule has 0 atom stereocenters. The van der Waals surface area contributed by atoms with E-state index in [1.165, 1.54) is 34.4 Å². The molecule has 43 heavy (non-hydrogen) atoms. The number of nitrogens with zero attached hydrogens (tertiary/aromatic N) is 3. The smallest absolute Gasteiger partial charge is 0.410 e. The highest BCUT2D eigenvalue weighted by atomic mass is 32.2. The number of aromatic nitrogens is 1. The molecule has 3 aromatic rings. The molecular formula is C30H41N5O6S2. The van der Waals surface area contributed by atoms with E-state index in [4.69, 9.17) is 8.92 Å². The summed E-state index contributed by atoms with van der Waals surface area (Å²) < 4.78 is 37.3. The third-order valence-corrected chi connectivity index (χ3v) is 9.06. The quantitative estimate of drug-likeness (QED) is 0.267. The fraction of sp³-hybridized carbons (Fsp3) is 0.500. The van der Waals surface area contributed by atoms with Crippen molar-refractivity contribution in [2.45, 2.75) is 71.0 Å². The van der Waals surface area contributed by atoms with E-state index in [1.54, 1.807) is 45.0 Å². The molecule has 1 fully saturated rings. The highest BCUT2D eigenvalue weighted by molar-refractivity contribution is 7.87. The maximum Gasteiger partial charge on any atom is 0.410 e. The second kappa shape index (κ2) is 13.1. The third kappa shape index (κ3) is 8.58. The minimum absolute atomic E-state index is 0.0438. The number of carbonyl (C=O) groups is 2. The molecule has 2 aromatic carbocycles. The number of hydrogen-bond acceptors (Lipinski definition) is 10. The Morgan fingerprint density at radius 3 is 2.33 bits per heavy atom. The van der Waals surface area contributed by atoms with Gasteiger partial charge in [0.15, 0.2) is 5.13 Å². The Morgan fingerprint density at radius 2 is 1.72 bits per heavy atom. The molecule has 0 radical (unpaired) electrons. The summed E-state index contributed by atoms with van der Waals surface area (Å²) in [6.07, 6.45) is -0.443. The van der Waals surface area contributed by atoms with Gasteiger partial charge in [0.25, 0.3) is 0 Å². The fourth-order valence-electron chi connectivity index (χ4n) is 4.69. The van der Waals surface area contributed by atoms with Crippen LogP contribution in [0.1, 0.15) is 48.5 Å². The van der Waals surface area contributed by atoms with Crippen LogP contribution in [0.2, 0.25) is 0 Å². The van der Waals surface area contributed by atoms with E-state index >= 15 is 0 Å². The highest BCUT2D eigenvalue weighted by Crippen LogP contribution is 2.31. The van der Waals surface area contributed by atoms with Gasteiger partial charge in [-0.3, -0.25) is 9.69 Å². The number of likely N-dealkylation sites (tertiary alicyclic amines) is 1. The number of ether oxygens (including phenoxy) is 1. The third-order valence-electron chi connectivity index (χ3n) is 6.87. The number of rotatable bonds is 11. The van der Waals surface area contributed by atoms with Gasteiger partial charge in [-0.15, -0.1) is 0 Å². The van der Waals surface area contributed by atoms with Crippen molar-refractivity contribution in [2.24, 2.45) is 5.92 Å². The molecule has 0 spiro atoms. The molecule has 234 valence electrons. The van der Waals surface area contributed by atoms with Crippen LogP contribution in [0.25, 0.3) is 10.2 Å². The molecule has 2 heterocycles. The lowest BCUT2D eigenvalue weighted by Gasteiger charge is -2.38. The summed E-state index contributed by atoms with van der Waals surface area (Å²) in [5, 5.41) is 6.51. The van der Waals surface area contributed by atoms with Crippen molar-refractivity contribution in [1.82, 2.24) is 14.8 Å². The molecule has 2 amide bonds. The number of amides is 2. The molecule has 1 aliphatic heterocycles. The Hall–Kier alpha value is -3.42. The van der Waals surface area contributed by atoms with Crippen molar-refractivity contribution in [2.75, 3.05) is 36.8 Å². The molecule has 11 nitrogen and oxygen atoms in total. The Bertz CT molecular complexity index is 1530. The van der Waals surface area contributed by atoms with Crippen LogP contribution in [-0.4, -0.2) is 79.1 Å². The molecule has 2 N–H and O–H groups in total. The van der Waals surface area contributed by atoms with Gasteiger partial charge in [-0.25, -0.2) is 9.78 Å². The molecule has 4 rings (SSSR count). The standard InChI is InChI=1S/C30H41N5O6S2/c1-19(2)35(20(3)4)15-14-31-22-8-11-24(12-9-22)43(38,39)41-23-10-13-25-26(16-23)42-28(32-25)33-27(36)21-17-34(18-21)29(37)40-30(5,6)7/h8-13,16,19-21,31H,14-15,17-18H2,1-7H3,(H,32,33,36). The first kappa shape index (κ1) is 32.5. The number of benzene rings is 2. The molecule has 13 heteroatoms. The average Bonchev–Trinajstić information content (AvgIpc) is 3.25. The number of fused-ring (bicyclic) bond motifs is 1. The van der Waals surface area contributed by atoms with Crippen molar-refractivity contribution in [3.05, 3.63) is 42.5 Å².